The van der Waals surface area contributed by atoms with Gasteiger partial charge in [-0.15, -0.1) is 11.3 Å². The van der Waals surface area contributed by atoms with Crippen LogP contribution in [0.25, 0.3) is 0 Å². The predicted molar refractivity (Wildman–Crippen MR) is 69.4 cm³/mol. The van der Waals surface area contributed by atoms with Gasteiger partial charge in [0.2, 0.25) is 0 Å². The van der Waals surface area contributed by atoms with E-state index in [1.54, 1.807) is 11.3 Å². The molecule has 1 unspecified atom stereocenters. The molecule has 0 amide bonds. The number of hydrogen-bond acceptors (Lipinski definition) is 3. The molecular weight excluding hydrogens is 234 g/mol. The molecule has 1 N–H and O–H groups in total. The topological polar surface area (TPSA) is 40.5 Å². The Balaban J connectivity index is 2.24. The van der Waals surface area contributed by atoms with E-state index in [2.05, 4.69) is 6.08 Å². The summed E-state index contributed by atoms with van der Waals surface area (Å²) >= 11 is 1.67. The SMILES string of the molecule is CC(C)=CCN1CCc2sccc2C1C(=O)O. The zero-order valence-corrected chi connectivity index (χ0v) is 11.0. The quantitative estimate of drug-likeness (QED) is 0.840. The molecule has 1 aromatic heterocycles. The maximum Gasteiger partial charge on any atom is 0.325 e. The van der Waals surface area contributed by atoms with Crippen molar-refractivity contribution in [2.24, 2.45) is 0 Å². The van der Waals surface area contributed by atoms with Crippen LogP contribution in [-0.2, 0) is 11.2 Å². The number of fused-ring (bicyclic) bond motifs is 1. The first-order valence-corrected chi connectivity index (χ1v) is 6.64. The third kappa shape index (κ3) is 2.58. The summed E-state index contributed by atoms with van der Waals surface area (Å²) in [7, 11) is 0. The average Bonchev–Trinajstić information content (AvgIpc) is 2.72. The molecule has 0 aliphatic carbocycles. The Morgan fingerprint density at radius 1 is 1.65 bits per heavy atom. The Morgan fingerprint density at radius 2 is 2.41 bits per heavy atom. The maximum atomic E-state index is 11.4. The summed E-state index contributed by atoms with van der Waals surface area (Å²) in [5.41, 5.74) is 2.21. The maximum absolute atomic E-state index is 11.4. The first-order chi connectivity index (χ1) is 8.09. The molecule has 0 saturated heterocycles. The minimum atomic E-state index is -0.744. The van der Waals surface area contributed by atoms with Gasteiger partial charge in [-0.1, -0.05) is 11.6 Å². The predicted octanol–water partition coefficient (Wildman–Crippen LogP) is 2.70. The molecule has 0 radical (unpaired) electrons. The van der Waals surface area contributed by atoms with E-state index in [1.807, 2.05) is 30.2 Å². The van der Waals surface area contributed by atoms with Gasteiger partial charge in [-0.25, -0.2) is 0 Å². The molecule has 0 spiro atoms. The number of carboxylic acid groups (broad SMARTS) is 1. The van der Waals surface area contributed by atoms with Crippen LogP contribution in [0.3, 0.4) is 0 Å². The highest BCUT2D eigenvalue weighted by atomic mass is 32.1. The Bertz CT molecular complexity index is 446. The highest BCUT2D eigenvalue weighted by molar-refractivity contribution is 7.10. The van der Waals surface area contributed by atoms with Crippen molar-refractivity contribution in [1.29, 1.82) is 0 Å². The largest absolute Gasteiger partial charge is 0.480 e. The fourth-order valence-electron chi connectivity index (χ4n) is 2.15. The fraction of sp³-hybridized carbons (Fsp3) is 0.462. The summed E-state index contributed by atoms with van der Waals surface area (Å²) in [5, 5.41) is 11.4. The van der Waals surface area contributed by atoms with Gasteiger partial charge in [-0.2, -0.15) is 0 Å². The summed E-state index contributed by atoms with van der Waals surface area (Å²) in [6.45, 7) is 5.62. The van der Waals surface area contributed by atoms with Crippen molar-refractivity contribution in [2.75, 3.05) is 13.1 Å². The first-order valence-electron chi connectivity index (χ1n) is 5.76. The lowest BCUT2D eigenvalue weighted by Gasteiger charge is -2.32. The second-order valence-electron chi connectivity index (χ2n) is 4.57. The molecule has 17 heavy (non-hydrogen) atoms. The molecule has 1 aromatic rings. The zero-order chi connectivity index (χ0) is 12.4. The summed E-state index contributed by atoms with van der Waals surface area (Å²) in [4.78, 5) is 14.7. The van der Waals surface area contributed by atoms with Crippen molar-refractivity contribution in [3.8, 4) is 0 Å². The third-order valence-electron chi connectivity index (χ3n) is 3.03. The van der Waals surface area contributed by atoms with Crippen LogP contribution < -0.4 is 0 Å². The monoisotopic (exact) mass is 251 g/mol. The molecule has 1 atom stereocenters. The molecule has 1 aliphatic heterocycles. The number of nitrogens with zero attached hydrogens (tertiary/aromatic N) is 1. The molecule has 2 rings (SSSR count). The number of thiophene rings is 1. The minimum Gasteiger partial charge on any atom is -0.480 e. The smallest absolute Gasteiger partial charge is 0.325 e. The van der Waals surface area contributed by atoms with Gasteiger partial charge in [0, 0.05) is 18.0 Å². The van der Waals surface area contributed by atoms with Crippen LogP contribution in [0.5, 0.6) is 0 Å². The zero-order valence-electron chi connectivity index (χ0n) is 10.1. The van der Waals surface area contributed by atoms with Gasteiger partial charge in [0.1, 0.15) is 6.04 Å². The Labute approximate surface area is 105 Å². The summed E-state index contributed by atoms with van der Waals surface area (Å²) in [5.74, 6) is -0.744. The molecule has 4 heteroatoms. The van der Waals surface area contributed by atoms with E-state index in [-0.39, 0.29) is 0 Å². The van der Waals surface area contributed by atoms with Crippen LogP contribution in [0, 0.1) is 0 Å². The van der Waals surface area contributed by atoms with Gasteiger partial charge < -0.3 is 5.11 Å². The molecule has 92 valence electrons. The number of aliphatic carboxylic acids is 1. The van der Waals surface area contributed by atoms with Gasteiger partial charge in [-0.3, -0.25) is 9.69 Å². The first kappa shape index (κ1) is 12.3. The Morgan fingerprint density at radius 3 is 3.06 bits per heavy atom. The molecule has 1 aliphatic rings. The van der Waals surface area contributed by atoms with Gasteiger partial charge in [0.15, 0.2) is 0 Å². The lowest BCUT2D eigenvalue weighted by molar-refractivity contribution is -0.143. The van der Waals surface area contributed by atoms with Crippen LogP contribution in [0.15, 0.2) is 23.1 Å². The summed E-state index contributed by atoms with van der Waals surface area (Å²) < 4.78 is 0. The second kappa shape index (κ2) is 5.02. The standard InChI is InChI=1S/C13H17NO2S/c1-9(2)3-6-14-7-4-11-10(5-8-17-11)12(14)13(15)16/h3,5,8,12H,4,6-7H2,1-2H3,(H,15,16). The van der Waals surface area contributed by atoms with Crippen LogP contribution in [0.1, 0.15) is 30.3 Å². The lowest BCUT2D eigenvalue weighted by atomic mass is 10.00. The number of carbonyl (C=O) groups is 1. The second-order valence-corrected chi connectivity index (χ2v) is 5.57. The van der Waals surface area contributed by atoms with E-state index in [0.717, 1.165) is 18.5 Å². The van der Waals surface area contributed by atoms with E-state index in [1.165, 1.54) is 10.5 Å². The highest BCUT2D eigenvalue weighted by Gasteiger charge is 2.32. The molecule has 0 aromatic carbocycles. The molecule has 3 nitrogen and oxygen atoms in total. The van der Waals surface area contributed by atoms with Crippen LogP contribution in [0.4, 0.5) is 0 Å². The van der Waals surface area contributed by atoms with E-state index >= 15 is 0 Å². The van der Waals surface area contributed by atoms with E-state index in [0.29, 0.717) is 6.54 Å². The number of allylic oxidation sites excluding steroid dienone is 1. The fourth-order valence-corrected chi connectivity index (χ4v) is 3.06. The third-order valence-corrected chi connectivity index (χ3v) is 4.03. The van der Waals surface area contributed by atoms with Crippen molar-refractivity contribution in [1.82, 2.24) is 4.90 Å². The van der Waals surface area contributed by atoms with Gasteiger partial charge in [0.25, 0.3) is 0 Å². The van der Waals surface area contributed by atoms with Gasteiger partial charge >= 0.3 is 5.97 Å². The molecule has 0 fully saturated rings. The highest BCUT2D eigenvalue weighted by Crippen LogP contribution is 2.33. The van der Waals surface area contributed by atoms with E-state index in [4.69, 9.17) is 0 Å². The molecule has 2 heterocycles. The van der Waals surface area contributed by atoms with Crippen molar-refractivity contribution in [2.45, 2.75) is 26.3 Å². The van der Waals surface area contributed by atoms with Crippen LogP contribution >= 0.6 is 11.3 Å². The average molecular weight is 251 g/mol. The molecule has 0 bridgehead atoms. The summed E-state index contributed by atoms with van der Waals surface area (Å²) in [6, 6.07) is 1.48. The van der Waals surface area contributed by atoms with Crippen molar-refractivity contribution in [3.05, 3.63) is 33.5 Å². The number of hydrogen-bond donors (Lipinski definition) is 1. The Hall–Kier alpha value is -1.13. The number of carboxylic acids is 1. The van der Waals surface area contributed by atoms with Crippen LogP contribution in [-0.4, -0.2) is 29.1 Å². The van der Waals surface area contributed by atoms with Gasteiger partial charge in [0.05, 0.1) is 0 Å². The van der Waals surface area contributed by atoms with Crippen molar-refractivity contribution < 1.29 is 9.90 Å². The van der Waals surface area contributed by atoms with Crippen LogP contribution in [0.2, 0.25) is 0 Å². The minimum absolute atomic E-state index is 0.472. The van der Waals surface area contributed by atoms with E-state index in [9.17, 15) is 9.90 Å². The normalized spacial score (nSPS) is 19.8. The number of rotatable bonds is 3. The lowest BCUT2D eigenvalue weighted by Crippen LogP contribution is -2.39. The summed E-state index contributed by atoms with van der Waals surface area (Å²) in [6.07, 6.45) is 3.06. The van der Waals surface area contributed by atoms with Crippen molar-refractivity contribution >= 4 is 17.3 Å². The molecular formula is C13H17NO2S. The van der Waals surface area contributed by atoms with Crippen molar-refractivity contribution in [3.63, 3.8) is 0 Å². The Kier molecular flexibility index (Phi) is 3.64. The van der Waals surface area contributed by atoms with Gasteiger partial charge in [-0.05, 0) is 37.3 Å². The van der Waals surface area contributed by atoms with E-state index < -0.39 is 12.0 Å². The molecule has 0 saturated carbocycles.